The number of nitrogens with zero attached hydrogens (tertiary/aromatic N) is 3. The third-order valence-electron chi connectivity index (χ3n) is 5.89. The predicted octanol–water partition coefficient (Wildman–Crippen LogP) is -0.650. The Morgan fingerprint density at radius 3 is 2.69 bits per heavy atom. The number of aliphatic hydroxyl groups is 1. The molecule has 1 aromatic carbocycles. The van der Waals surface area contributed by atoms with E-state index in [1.54, 1.807) is 24.3 Å². The minimum atomic E-state index is -4.77. The molecule has 16 heteroatoms. The van der Waals surface area contributed by atoms with Crippen molar-refractivity contribution in [2.75, 3.05) is 43.9 Å². The second-order valence-corrected chi connectivity index (χ2v) is 9.79. The van der Waals surface area contributed by atoms with Gasteiger partial charge < -0.3 is 44.8 Å². The minimum absolute atomic E-state index is 0.139. The molecular weight excluding hydrogens is 505 g/mol. The van der Waals surface area contributed by atoms with Crippen molar-refractivity contribution >= 4 is 43.4 Å². The number of halogens is 1. The van der Waals surface area contributed by atoms with Gasteiger partial charge in [-0.3, -0.25) is 4.52 Å². The average molecular weight is 531 g/mol. The monoisotopic (exact) mass is 530 g/mol. The molecule has 0 saturated carbocycles. The highest BCUT2D eigenvalue weighted by Gasteiger charge is 2.53. The zero-order valence-corrected chi connectivity index (χ0v) is 20.2. The van der Waals surface area contributed by atoms with Gasteiger partial charge in [0.25, 0.3) is 6.71 Å². The molecule has 2 aliphatic rings. The summed E-state index contributed by atoms with van der Waals surface area (Å²) in [5, 5.41) is 21.8. The summed E-state index contributed by atoms with van der Waals surface area (Å²) in [6, 6.07) is 6.11. The van der Waals surface area contributed by atoms with E-state index in [1.807, 2.05) is 4.90 Å². The first-order valence-corrected chi connectivity index (χ1v) is 12.5. The summed E-state index contributed by atoms with van der Waals surface area (Å²) in [5.41, 5.74) is 6.53. The second kappa shape index (κ2) is 10.5. The molecule has 2 aromatic rings. The molecule has 0 unspecified atom stereocenters. The number of methoxy groups -OCH3 is 1. The van der Waals surface area contributed by atoms with Crippen molar-refractivity contribution in [3.8, 4) is 11.6 Å². The van der Waals surface area contributed by atoms with Crippen LogP contribution in [0.1, 0.15) is 0 Å². The lowest BCUT2D eigenvalue weighted by molar-refractivity contribution is -0.0144. The molecular formula is C19H25BClN4O9P. The highest BCUT2D eigenvalue weighted by molar-refractivity contribution is 7.46. The molecule has 6 N–H and O–H groups in total. The first kappa shape index (κ1) is 25.9. The number of anilines is 2. The van der Waals surface area contributed by atoms with Crippen LogP contribution in [0.3, 0.4) is 0 Å². The summed E-state index contributed by atoms with van der Waals surface area (Å²) in [7, 11) is -3.38. The number of hydrogen-bond donors (Lipinski definition) is 5. The second-order valence-electron chi connectivity index (χ2n) is 8.11. The lowest BCUT2D eigenvalue weighted by Gasteiger charge is -2.23. The van der Waals surface area contributed by atoms with E-state index in [-0.39, 0.29) is 18.4 Å². The number of fused-ring (bicyclic) bond motifs is 1. The van der Waals surface area contributed by atoms with Gasteiger partial charge in [-0.15, -0.1) is 0 Å². The molecule has 2 aliphatic heterocycles. The fourth-order valence-corrected chi connectivity index (χ4v) is 4.86. The van der Waals surface area contributed by atoms with Crippen molar-refractivity contribution in [2.45, 2.75) is 24.3 Å². The van der Waals surface area contributed by atoms with Crippen LogP contribution < -0.4 is 21.0 Å². The fraction of sp³-hybridized carbons (Fsp3) is 0.474. The lowest BCUT2D eigenvalue weighted by atomic mass is 9.43. The maximum atomic E-state index is 11.1. The van der Waals surface area contributed by atoms with Crippen molar-refractivity contribution in [1.29, 1.82) is 0 Å². The third-order valence-corrected chi connectivity index (χ3v) is 6.62. The van der Waals surface area contributed by atoms with Crippen LogP contribution in [0.4, 0.5) is 11.6 Å². The third kappa shape index (κ3) is 5.81. The molecule has 1 aromatic heterocycles. The highest BCUT2D eigenvalue weighted by Crippen LogP contribution is 2.38. The largest absolute Gasteiger partial charge is 0.492 e. The van der Waals surface area contributed by atoms with E-state index in [0.717, 1.165) is 0 Å². The van der Waals surface area contributed by atoms with E-state index < -0.39 is 45.5 Å². The number of nitrogen functional groups attached to an aromatic ring is 1. The summed E-state index contributed by atoms with van der Waals surface area (Å²) in [4.78, 5) is 28.0. The minimum Gasteiger partial charge on any atom is -0.492 e. The number of hydrogen-bond acceptors (Lipinski definition) is 11. The molecule has 1 fully saturated rings. The number of benzene rings is 1. The van der Waals surface area contributed by atoms with Crippen LogP contribution in [0.2, 0.25) is 5.02 Å². The van der Waals surface area contributed by atoms with Gasteiger partial charge in [0.1, 0.15) is 36.4 Å². The number of phosphoric ester groups is 1. The lowest BCUT2D eigenvalue weighted by Crippen LogP contribution is -2.51. The molecule has 0 aliphatic carbocycles. The van der Waals surface area contributed by atoms with E-state index in [0.29, 0.717) is 35.0 Å². The van der Waals surface area contributed by atoms with Crippen molar-refractivity contribution in [2.24, 2.45) is 0 Å². The molecule has 0 bridgehead atoms. The van der Waals surface area contributed by atoms with Crippen LogP contribution in [0, 0.1) is 0 Å². The normalized spacial score (nSPS) is 24.1. The molecule has 190 valence electrons. The number of aromatic hydroxyl groups is 1. The molecule has 3 heterocycles. The van der Waals surface area contributed by atoms with Gasteiger partial charge in [0, 0.05) is 24.2 Å². The molecule has 0 amide bonds. The fourth-order valence-electron chi connectivity index (χ4n) is 4.39. The Bertz CT molecular complexity index is 1090. The van der Waals surface area contributed by atoms with Crippen molar-refractivity contribution in [3.05, 3.63) is 29.3 Å². The number of phosphoric acid groups is 1. The van der Waals surface area contributed by atoms with Crippen LogP contribution >= 0.6 is 19.4 Å². The van der Waals surface area contributed by atoms with Gasteiger partial charge >= 0.3 is 7.82 Å². The first-order chi connectivity index (χ1) is 16.6. The molecule has 4 rings (SSSR count). The number of aliphatic hydroxyl groups excluding tert-OH is 1. The molecule has 1 saturated heterocycles. The summed E-state index contributed by atoms with van der Waals surface area (Å²) in [6.45, 7) is -0.448. The van der Waals surface area contributed by atoms with Gasteiger partial charge in [-0.1, -0.05) is 11.6 Å². The van der Waals surface area contributed by atoms with E-state index in [2.05, 4.69) is 14.5 Å². The zero-order valence-electron chi connectivity index (χ0n) is 18.6. The van der Waals surface area contributed by atoms with E-state index in [4.69, 9.17) is 41.3 Å². The van der Waals surface area contributed by atoms with Crippen molar-refractivity contribution in [3.63, 3.8) is 0 Å². The Balaban J connectivity index is 1.53. The Morgan fingerprint density at radius 1 is 1.31 bits per heavy atom. The van der Waals surface area contributed by atoms with Crippen LogP contribution in [-0.2, 0) is 18.6 Å². The molecule has 13 nitrogen and oxygen atoms in total. The van der Waals surface area contributed by atoms with Crippen molar-refractivity contribution < 1.29 is 43.3 Å². The van der Waals surface area contributed by atoms with Crippen LogP contribution in [-0.4, -0.2) is 94.3 Å². The Morgan fingerprint density at radius 2 is 2.03 bits per heavy atom. The van der Waals surface area contributed by atoms with Gasteiger partial charge in [0.2, 0.25) is 11.8 Å². The quantitative estimate of drug-likeness (QED) is 0.203. The number of ether oxygens (including phenoxy) is 3. The van der Waals surface area contributed by atoms with E-state index in [1.165, 1.54) is 7.11 Å². The topological polar surface area (TPSA) is 190 Å². The van der Waals surface area contributed by atoms with E-state index in [9.17, 15) is 14.8 Å². The SMILES string of the molecule is CO[C@@H]1[C@H](O)[C@@H](COP(=O)(O)O)O[C@H]1B1CN(CCOc2ccc(Cl)cc2)c2c(O)nc(N)nc21. The first-order valence-electron chi connectivity index (χ1n) is 10.6. The maximum absolute atomic E-state index is 11.1. The van der Waals surface area contributed by atoms with Gasteiger partial charge in [0.15, 0.2) is 0 Å². The number of nitrogens with two attached hydrogens (primary N) is 1. The standard InChI is InChI=1S/C19H25BClN4O9P/c1-31-15-14(26)12(8-33-35(28,29)30)34-17(15)20-9-25(13-16(20)23-19(22)24-18(13)27)6-7-32-11-4-2-10(21)3-5-11/h2-5,12,14-15,17,26H,6-9H2,1H3,(H2,28,29,30)(H3,22,23,24,27)/t12-,14-,15-,17-/m1/s1. The van der Waals surface area contributed by atoms with Crippen LogP contribution in [0.15, 0.2) is 24.3 Å². The number of rotatable bonds is 9. The zero-order chi connectivity index (χ0) is 25.3. The number of aromatic nitrogens is 2. The van der Waals surface area contributed by atoms with Gasteiger partial charge in [-0.05, 0) is 24.3 Å². The predicted molar refractivity (Wildman–Crippen MR) is 126 cm³/mol. The summed E-state index contributed by atoms with van der Waals surface area (Å²) in [6.07, 6.45) is -2.85. The van der Waals surface area contributed by atoms with Gasteiger partial charge in [-0.25, -0.2) is 9.55 Å². The average Bonchev–Trinajstić information content (AvgIpc) is 3.30. The Hall–Kier alpha value is -2.16. The molecule has 0 spiro atoms. The molecule has 0 radical (unpaired) electrons. The van der Waals surface area contributed by atoms with Crippen molar-refractivity contribution in [1.82, 2.24) is 9.97 Å². The summed E-state index contributed by atoms with van der Waals surface area (Å²) < 4.78 is 32.8. The smallest absolute Gasteiger partial charge is 0.469 e. The van der Waals surface area contributed by atoms with Crippen LogP contribution in [0.25, 0.3) is 0 Å². The maximum Gasteiger partial charge on any atom is 0.469 e. The van der Waals surface area contributed by atoms with Crippen LogP contribution in [0.5, 0.6) is 11.6 Å². The van der Waals surface area contributed by atoms with E-state index >= 15 is 0 Å². The molecule has 4 atom stereocenters. The van der Waals surface area contributed by atoms with Gasteiger partial charge in [-0.2, -0.15) is 4.98 Å². The summed E-state index contributed by atoms with van der Waals surface area (Å²) >= 11 is 5.90. The highest BCUT2D eigenvalue weighted by atomic mass is 35.5. The summed E-state index contributed by atoms with van der Waals surface area (Å²) in [5.74, 6) is 0.174. The Labute approximate surface area is 206 Å². The molecule has 35 heavy (non-hydrogen) atoms. The Kier molecular flexibility index (Phi) is 7.74. The van der Waals surface area contributed by atoms with Gasteiger partial charge in [0.05, 0.1) is 19.2 Å².